The summed E-state index contributed by atoms with van der Waals surface area (Å²) in [7, 11) is 3.97. The fraction of sp³-hybridized carbons (Fsp3) is 0.462. The highest BCUT2D eigenvalue weighted by molar-refractivity contribution is 5.73. The Kier molecular flexibility index (Phi) is 6.14. The van der Waals surface area contributed by atoms with Gasteiger partial charge in [0.2, 0.25) is 0 Å². The number of carbonyl (C=O) groups excluding carboxylic acids is 1. The summed E-state index contributed by atoms with van der Waals surface area (Å²) in [5.41, 5.74) is 0.487. The third kappa shape index (κ3) is 5.63. The number of urea groups is 1. The van der Waals surface area contributed by atoms with Crippen molar-refractivity contribution in [1.82, 2.24) is 15.5 Å². The SMILES string of the molecule is CN(C)CCCNC(=O)NCc1ccccc1F. The summed E-state index contributed by atoms with van der Waals surface area (Å²) in [6, 6.07) is 6.14. The highest BCUT2D eigenvalue weighted by atomic mass is 19.1. The molecule has 1 aromatic rings. The monoisotopic (exact) mass is 253 g/mol. The Labute approximate surface area is 107 Å². The Morgan fingerprint density at radius 1 is 1.28 bits per heavy atom. The van der Waals surface area contributed by atoms with Crippen molar-refractivity contribution in [1.29, 1.82) is 0 Å². The largest absolute Gasteiger partial charge is 0.338 e. The Bertz CT molecular complexity index is 382. The maximum absolute atomic E-state index is 13.3. The second-order valence-corrected chi connectivity index (χ2v) is 4.36. The van der Waals surface area contributed by atoms with Crippen LogP contribution in [0.3, 0.4) is 0 Å². The van der Waals surface area contributed by atoms with Crippen LogP contribution in [0.2, 0.25) is 0 Å². The highest BCUT2D eigenvalue weighted by Gasteiger charge is 2.03. The molecular formula is C13H20FN3O. The first-order valence-corrected chi connectivity index (χ1v) is 5.99. The van der Waals surface area contributed by atoms with E-state index in [0.717, 1.165) is 13.0 Å². The number of amides is 2. The van der Waals surface area contributed by atoms with Gasteiger partial charge < -0.3 is 15.5 Å². The van der Waals surface area contributed by atoms with E-state index >= 15 is 0 Å². The van der Waals surface area contributed by atoms with Gasteiger partial charge in [0.15, 0.2) is 0 Å². The molecule has 0 aliphatic carbocycles. The van der Waals surface area contributed by atoms with E-state index in [-0.39, 0.29) is 18.4 Å². The van der Waals surface area contributed by atoms with Crippen molar-refractivity contribution < 1.29 is 9.18 Å². The van der Waals surface area contributed by atoms with E-state index in [9.17, 15) is 9.18 Å². The molecule has 0 heterocycles. The van der Waals surface area contributed by atoms with E-state index in [1.54, 1.807) is 18.2 Å². The van der Waals surface area contributed by atoms with Gasteiger partial charge in [0.25, 0.3) is 0 Å². The molecule has 0 bridgehead atoms. The van der Waals surface area contributed by atoms with Crippen molar-refractivity contribution in [3.63, 3.8) is 0 Å². The summed E-state index contributed by atoms with van der Waals surface area (Å²) in [4.78, 5) is 13.5. The van der Waals surface area contributed by atoms with Gasteiger partial charge in [-0.15, -0.1) is 0 Å². The number of nitrogens with zero attached hydrogens (tertiary/aromatic N) is 1. The number of rotatable bonds is 6. The molecule has 0 saturated carbocycles. The third-order valence-corrected chi connectivity index (χ3v) is 2.46. The molecular weight excluding hydrogens is 233 g/mol. The van der Waals surface area contributed by atoms with Crippen LogP contribution in [0.5, 0.6) is 0 Å². The van der Waals surface area contributed by atoms with Crippen LogP contribution < -0.4 is 10.6 Å². The van der Waals surface area contributed by atoms with Gasteiger partial charge in [-0.3, -0.25) is 0 Å². The predicted octanol–water partition coefficient (Wildman–Crippen LogP) is 1.58. The topological polar surface area (TPSA) is 44.4 Å². The van der Waals surface area contributed by atoms with Gasteiger partial charge >= 0.3 is 6.03 Å². The maximum Gasteiger partial charge on any atom is 0.315 e. The van der Waals surface area contributed by atoms with E-state index in [4.69, 9.17) is 0 Å². The van der Waals surface area contributed by atoms with Crippen LogP contribution in [0, 0.1) is 5.82 Å². The smallest absolute Gasteiger partial charge is 0.315 e. The molecule has 0 aliphatic heterocycles. The molecule has 5 heteroatoms. The highest BCUT2D eigenvalue weighted by Crippen LogP contribution is 2.05. The third-order valence-electron chi connectivity index (χ3n) is 2.46. The van der Waals surface area contributed by atoms with Gasteiger partial charge in [0.1, 0.15) is 5.82 Å². The lowest BCUT2D eigenvalue weighted by Gasteiger charge is -2.10. The van der Waals surface area contributed by atoms with E-state index in [0.29, 0.717) is 12.1 Å². The minimum absolute atomic E-state index is 0.201. The van der Waals surface area contributed by atoms with E-state index in [1.165, 1.54) is 6.07 Å². The van der Waals surface area contributed by atoms with Crippen molar-refractivity contribution in [3.8, 4) is 0 Å². The molecule has 2 N–H and O–H groups in total. The lowest BCUT2D eigenvalue weighted by Crippen LogP contribution is -2.36. The number of hydrogen-bond acceptors (Lipinski definition) is 2. The first-order valence-electron chi connectivity index (χ1n) is 5.99. The zero-order valence-electron chi connectivity index (χ0n) is 10.9. The number of halogens is 1. The maximum atomic E-state index is 13.3. The lowest BCUT2D eigenvalue weighted by molar-refractivity contribution is 0.239. The summed E-state index contributed by atoms with van der Waals surface area (Å²) in [6.07, 6.45) is 0.889. The average molecular weight is 253 g/mol. The van der Waals surface area contributed by atoms with Crippen LogP contribution in [0.4, 0.5) is 9.18 Å². The fourth-order valence-corrected chi connectivity index (χ4v) is 1.48. The summed E-state index contributed by atoms with van der Waals surface area (Å²) < 4.78 is 13.3. The van der Waals surface area contributed by atoms with Crippen molar-refractivity contribution in [2.24, 2.45) is 0 Å². The zero-order chi connectivity index (χ0) is 13.4. The standard InChI is InChI=1S/C13H20FN3O/c1-17(2)9-5-8-15-13(18)16-10-11-6-3-4-7-12(11)14/h3-4,6-7H,5,8-10H2,1-2H3,(H2,15,16,18). The molecule has 0 aromatic heterocycles. The quantitative estimate of drug-likeness (QED) is 0.756. The molecule has 0 unspecified atom stereocenters. The summed E-state index contributed by atoms with van der Waals surface area (Å²) in [5.74, 6) is -0.301. The van der Waals surface area contributed by atoms with Gasteiger partial charge in [-0.2, -0.15) is 0 Å². The van der Waals surface area contributed by atoms with Gasteiger partial charge in [0.05, 0.1) is 0 Å². The molecule has 0 spiro atoms. The van der Waals surface area contributed by atoms with Crippen LogP contribution in [0.25, 0.3) is 0 Å². The van der Waals surface area contributed by atoms with Crippen LogP contribution >= 0.6 is 0 Å². The Morgan fingerprint density at radius 3 is 2.67 bits per heavy atom. The molecule has 0 saturated heterocycles. The minimum atomic E-state index is -0.301. The summed E-state index contributed by atoms with van der Waals surface area (Å²) in [5, 5.41) is 5.35. The first-order chi connectivity index (χ1) is 8.59. The molecule has 0 radical (unpaired) electrons. The molecule has 4 nitrogen and oxygen atoms in total. The average Bonchev–Trinajstić information content (AvgIpc) is 2.33. The molecule has 18 heavy (non-hydrogen) atoms. The van der Waals surface area contributed by atoms with Crippen LogP contribution in [-0.2, 0) is 6.54 Å². The Morgan fingerprint density at radius 2 is 2.00 bits per heavy atom. The van der Waals surface area contributed by atoms with Gasteiger partial charge in [-0.05, 0) is 33.1 Å². The Balaban J connectivity index is 2.19. The van der Waals surface area contributed by atoms with Crippen LogP contribution in [-0.4, -0.2) is 38.1 Å². The second kappa shape index (κ2) is 7.66. The molecule has 0 fully saturated rings. The first kappa shape index (κ1) is 14.4. The molecule has 2 amide bonds. The van der Waals surface area contributed by atoms with E-state index in [2.05, 4.69) is 15.5 Å². The van der Waals surface area contributed by atoms with Crippen molar-refractivity contribution in [3.05, 3.63) is 35.6 Å². The van der Waals surface area contributed by atoms with E-state index in [1.807, 2.05) is 14.1 Å². The van der Waals surface area contributed by atoms with E-state index < -0.39 is 0 Å². The molecule has 1 rings (SSSR count). The number of benzene rings is 1. The van der Waals surface area contributed by atoms with Gasteiger partial charge in [-0.25, -0.2) is 9.18 Å². The van der Waals surface area contributed by atoms with Gasteiger partial charge in [-0.1, -0.05) is 18.2 Å². The molecule has 0 atom stereocenters. The summed E-state index contributed by atoms with van der Waals surface area (Å²) in [6.45, 7) is 1.74. The van der Waals surface area contributed by atoms with Crippen molar-refractivity contribution in [2.45, 2.75) is 13.0 Å². The minimum Gasteiger partial charge on any atom is -0.338 e. The number of hydrogen-bond donors (Lipinski definition) is 2. The van der Waals surface area contributed by atoms with Gasteiger partial charge in [0, 0.05) is 18.7 Å². The van der Waals surface area contributed by atoms with Crippen molar-refractivity contribution in [2.75, 3.05) is 27.2 Å². The molecule has 100 valence electrons. The molecule has 0 aliphatic rings. The van der Waals surface area contributed by atoms with Crippen LogP contribution in [0.15, 0.2) is 24.3 Å². The number of nitrogens with one attached hydrogen (secondary N) is 2. The molecule has 1 aromatic carbocycles. The Hall–Kier alpha value is -1.62. The fourth-order valence-electron chi connectivity index (χ4n) is 1.48. The number of carbonyl (C=O) groups is 1. The second-order valence-electron chi connectivity index (χ2n) is 4.36. The van der Waals surface area contributed by atoms with Crippen LogP contribution in [0.1, 0.15) is 12.0 Å². The lowest BCUT2D eigenvalue weighted by atomic mass is 10.2. The zero-order valence-corrected chi connectivity index (χ0v) is 10.9. The summed E-state index contributed by atoms with van der Waals surface area (Å²) >= 11 is 0. The predicted molar refractivity (Wildman–Crippen MR) is 69.8 cm³/mol. The normalized spacial score (nSPS) is 10.4. The van der Waals surface area contributed by atoms with Crippen molar-refractivity contribution >= 4 is 6.03 Å².